The Labute approximate surface area is 239 Å². The second-order valence-electron chi connectivity index (χ2n) is 10.2. The zero-order chi connectivity index (χ0) is 29.0. The summed E-state index contributed by atoms with van der Waals surface area (Å²) in [5, 5.41) is 16.3. The fraction of sp³-hybridized carbons (Fsp3) is 0.290. The molecular formula is C31H33N3O6S. The minimum Gasteiger partial charge on any atom is -0.507 e. The van der Waals surface area contributed by atoms with Crippen molar-refractivity contribution in [2.45, 2.75) is 24.7 Å². The predicted octanol–water partition coefficient (Wildman–Crippen LogP) is 4.24. The lowest BCUT2D eigenvalue weighted by molar-refractivity contribution is 0.0335. The zero-order valence-electron chi connectivity index (χ0n) is 23.0. The number of hydrogen-bond acceptors (Lipinski definition) is 8. The molecule has 0 saturated carbocycles. The van der Waals surface area contributed by atoms with E-state index in [1.807, 2.05) is 37.3 Å². The van der Waals surface area contributed by atoms with E-state index in [9.17, 15) is 18.3 Å². The van der Waals surface area contributed by atoms with Gasteiger partial charge in [-0.15, -0.1) is 0 Å². The van der Waals surface area contributed by atoms with Gasteiger partial charge in [0, 0.05) is 37.2 Å². The first-order valence-electron chi connectivity index (χ1n) is 13.5. The molecule has 0 radical (unpaired) electrons. The number of fused-ring (bicyclic) bond motifs is 1. The van der Waals surface area contributed by atoms with E-state index >= 15 is 0 Å². The Balaban J connectivity index is 1.63. The van der Waals surface area contributed by atoms with Crippen LogP contribution in [0.25, 0.3) is 11.0 Å². The molecule has 3 aromatic carbocycles. The lowest BCUT2D eigenvalue weighted by Crippen LogP contribution is -2.43. The van der Waals surface area contributed by atoms with Crippen LogP contribution in [0, 0.1) is 12.8 Å². The van der Waals surface area contributed by atoms with Gasteiger partial charge in [0.15, 0.2) is 0 Å². The van der Waals surface area contributed by atoms with Gasteiger partial charge >= 0.3 is 5.63 Å². The number of hydrogen-bond donors (Lipinski definition) is 2. The van der Waals surface area contributed by atoms with Crippen LogP contribution in [0.5, 0.6) is 5.75 Å². The Morgan fingerprint density at radius 3 is 2.37 bits per heavy atom. The number of hydrazone groups is 1. The van der Waals surface area contributed by atoms with E-state index < -0.39 is 27.5 Å². The maximum absolute atomic E-state index is 13.5. The van der Waals surface area contributed by atoms with Crippen LogP contribution < -0.4 is 10.5 Å². The quantitative estimate of drug-likeness (QED) is 0.174. The van der Waals surface area contributed by atoms with E-state index in [2.05, 4.69) is 14.8 Å². The van der Waals surface area contributed by atoms with Crippen LogP contribution in [-0.2, 0) is 14.8 Å². The normalized spacial score (nSPS) is 16.4. The van der Waals surface area contributed by atoms with E-state index in [1.54, 1.807) is 43.3 Å². The van der Waals surface area contributed by atoms with Crippen LogP contribution in [0.15, 0.2) is 98.1 Å². The number of aryl methyl sites for hydroxylation is 1. The maximum Gasteiger partial charge on any atom is 0.343 e. The molecule has 4 aromatic rings. The van der Waals surface area contributed by atoms with E-state index in [-0.39, 0.29) is 21.8 Å². The molecule has 2 atom stereocenters. The molecule has 0 amide bonds. The summed E-state index contributed by atoms with van der Waals surface area (Å²) in [6, 6.07) is 22.7. The van der Waals surface area contributed by atoms with Crippen molar-refractivity contribution in [3.05, 3.63) is 106 Å². The highest BCUT2D eigenvalue weighted by Gasteiger charge is 2.35. The Hall–Kier alpha value is -3.99. The van der Waals surface area contributed by atoms with Crippen molar-refractivity contribution >= 4 is 26.7 Å². The third-order valence-corrected chi connectivity index (χ3v) is 8.69. The molecular weight excluding hydrogens is 542 g/mol. The fourth-order valence-corrected chi connectivity index (χ4v) is 6.07. The summed E-state index contributed by atoms with van der Waals surface area (Å²) in [5.74, 6) is -1.36. The van der Waals surface area contributed by atoms with E-state index in [0.29, 0.717) is 43.9 Å². The Morgan fingerprint density at radius 1 is 1.00 bits per heavy atom. The van der Waals surface area contributed by atoms with Gasteiger partial charge in [0.25, 0.3) is 10.0 Å². The van der Waals surface area contributed by atoms with E-state index in [0.717, 1.165) is 11.1 Å². The molecule has 41 heavy (non-hydrogen) atoms. The number of rotatable bonds is 9. The summed E-state index contributed by atoms with van der Waals surface area (Å²) in [4.78, 5) is 18.2. The number of para-hydroxylation sites is 1. The van der Waals surface area contributed by atoms with Crippen molar-refractivity contribution in [3.63, 3.8) is 0 Å². The van der Waals surface area contributed by atoms with Crippen LogP contribution in [0.4, 0.5) is 0 Å². The summed E-state index contributed by atoms with van der Waals surface area (Å²) in [7, 11) is -3.94. The number of aromatic hydroxyl groups is 1. The number of nitrogens with zero attached hydrogens (tertiary/aromatic N) is 2. The molecule has 0 bridgehead atoms. The van der Waals surface area contributed by atoms with Crippen molar-refractivity contribution in [2.75, 3.05) is 32.8 Å². The second-order valence-corrected chi connectivity index (χ2v) is 11.9. The van der Waals surface area contributed by atoms with Gasteiger partial charge in [0.05, 0.1) is 29.1 Å². The van der Waals surface area contributed by atoms with Gasteiger partial charge in [-0.1, -0.05) is 60.2 Å². The van der Waals surface area contributed by atoms with Gasteiger partial charge in [0.2, 0.25) is 0 Å². The predicted molar refractivity (Wildman–Crippen MR) is 158 cm³/mol. The van der Waals surface area contributed by atoms with Gasteiger partial charge in [-0.25, -0.2) is 9.63 Å². The summed E-state index contributed by atoms with van der Waals surface area (Å²) >= 11 is 0. The highest BCUT2D eigenvalue weighted by atomic mass is 32.2. The molecule has 1 fully saturated rings. The molecule has 0 spiro atoms. The molecule has 1 aliphatic rings. The van der Waals surface area contributed by atoms with Crippen LogP contribution in [0.1, 0.15) is 29.5 Å². The lowest BCUT2D eigenvalue weighted by Gasteiger charge is -2.34. The monoisotopic (exact) mass is 575 g/mol. The number of nitrogens with one attached hydrogen (secondary N) is 1. The van der Waals surface area contributed by atoms with Gasteiger partial charge in [0.1, 0.15) is 11.3 Å². The van der Waals surface area contributed by atoms with E-state index in [1.165, 1.54) is 12.1 Å². The molecule has 214 valence electrons. The van der Waals surface area contributed by atoms with Crippen LogP contribution in [0.2, 0.25) is 0 Å². The minimum atomic E-state index is -3.94. The van der Waals surface area contributed by atoms with Crippen LogP contribution >= 0.6 is 0 Å². The molecule has 9 nitrogen and oxygen atoms in total. The first-order valence-corrected chi connectivity index (χ1v) is 15.0. The molecule has 1 saturated heterocycles. The number of ether oxygens (including phenoxy) is 1. The third-order valence-electron chi connectivity index (χ3n) is 7.46. The molecule has 10 heteroatoms. The molecule has 2 heterocycles. The number of benzene rings is 3. The Kier molecular flexibility index (Phi) is 8.53. The summed E-state index contributed by atoms with van der Waals surface area (Å²) in [6.07, 6.45) is 0. The largest absolute Gasteiger partial charge is 0.507 e. The van der Waals surface area contributed by atoms with Gasteiger partial charge < -0.3 is 14.3 Å². The number of morpholine rings is 1. The van der Waals surface area contributed by atoms with E-state index in [4.69, 9.17) is 9.15 Å². The first-order chi connectivity index (χ1) is 19.7. The van der Waals surface area contributed by atoms with Gasteiger partial charge in [-0.3, -0.25) is 4.90 Å². The highest BCUT2D eigenvalue weighted by Crippen LogP contribution is 2.39. The summed E-state index contributed by atoms with van der Waals surface area (Å²) in [6.45, 7) is 6.50. The Morgan fingerprint density at radius 2 is 1.66 bits per heavy atom. The molecule has 0 aliphatic carbocycles. The van der Waals surface area contributed by atoms with Gasteiger partial charge in [-0.05, 0) is 43.7 Å². The fourth-order valence-electron chi connectivity index (χ4n) is 5.21. The molecule has 1 aliphatic heterocycles. The SMILES string of the molecule is C/C(=N/NS(=O)(=O)c1ccc(C)cc1)C(CN1CCOCC1)C(c1ccccc1)c1c(O)c2ccccc2oc1=O. The standard InChI is InChI=1S/C31H33N3O6S/c1-21-12-14-24(15-13-21)41(37,38)33-32-22(2)26(20-34-16-18-39-19-17-34)28(23-8-4-3-5-9-23)29-30(35)25-10-6-7-11-27(25)40-31(29)36/h3-15,26,28,33,35H,16-20H2,1-2H3/b32-22-. The van der Waals surface area contributed by atoms with Crippen molar-refractivity contribution in [1.29, 1.82) is 0 Å². The summed E-state index contributed by atoms with van der Waals surface area (Å²) in [5.41, 5.74) is 1.88. The number of sulfonamides is 1. The second kappa shape index (κ2) is 12.3. The minimum absolute atomic E-state index is 0.0943. The molecule has 1 aromatic heterocycles. The van der Waals surface area contributed by atoms with Crippen LogP contribution in [-0.4, -0.2) is 57.0 Å². The zero-order valence-corrected chi connectivity index (χ0v) is 23.8. The highest BCUT2D eigenvalue weighted by molar-refractivity contribution is 7.89. The average molecular weight is 576 g/mol. The van der Waals surface area contributed by atoms with Crippen molar-refractivity contribution in [2.24, 2.45) is 11.0 Å². The summed E-state index contributed by atoms with van der Waals surface area (Å²) < 4.78 is 37.4. The van der Waals surface area contributed by atoms with Gasteiger partial charge in [-0.2, -0.15) is 13.5 Å². The van der Waals surface area contributed by atoms with Crippen LogP contribution in [0.3, 0.4) is 0 Å². The molecule has 2 N–H and O–H groups in total. The maximum atomic E-state index is 13.5. The smallest absolute Gasteiger partial charge is 0.343 e. The topological polar surface area (TPSA) is 121 Å². The van der Waals surface area contributed by atoms with Crippen molar-refractivity contribution < 1.29 is 22.7 Å². The van der Waals surface area contributed by atoms with Crippen molar-refractivity contribution in [1.82, 2.24) is 9.73 Å². The average Bonchev–Trinajstić information content (AvgIpc) is 2.98. The van der Waals surface area contributed by atoms with Crippen molar-refractivity contribution in [3.8, 4) is 5.75 Å². The molecule has 5 rings (SSSR count). The third kappa shape index (κ3) is 6.35. The lowest BCUT2D eigenvalue weighted by atomic mass is 9.78. The first kappa shape index (κ1) is 28.5. The Bertz CT molecular complexity index is 1700. The molecule has 2 unspecified atom stereocenters.